The third-order valence-electron chi connectivity index (χ3n) is 3.45. The highest BCUT2D eigenvalue weighted by molar-refractivity contribution is 5.83. The van der Waals surface area contributed by atoms with E-state index in [0.29, 0.717) is 5.56 Å². The van der Waals surface area contributed by atoms with Gasteiger partial charge in [-0.1, -0.05) is 25.1 Å². The van der Waals surface area contributed by atoms with Crippen LogP contribution in [0.5, 0.6) is 0 Å². The zero-order valence-electron chi connectivity index (χ0n) is 17.6. The van der Waals surface area contributed by atoms with E-state index in [9.17, 15) is 9.59 Å². The standard InChI is InChI=1S/C13H16N2.C4H6O6/c1-9-5-4-6-12(10(9)2)11(3)13-7-14-8-15-13;5-1(3(7)8)2(6)4(9)10/h4-8,11H,1-3H3,(H,14,15);1-2,5-6H,(H,7,8)(H,9,10)/t11-;1-,2-/m01/s1/i3D3,11D;. The van der Waals surface area contributed by atoms with Crippen molar-refractivity contribution in [1.82, 2.24) is 9.97 Å². The maximum atomic E-state index is 9.77. The number of aliphatic carboxylic acids is 2. The number of aryl methyl sites for hydroxylation is 1. The number of hydrogen-bond donors (Lipinski definition) is 5. The summed E-state index contributed by atoms with van der Waals surface area (Å²) < 4.78 is 31.9. The summed E-state index contributed by atoms with van der Waals surface area (Å²) in [4.78, 5) is 26.2. The van der Waals surface area contributed by atoms with E-state index in [1.165, 1.54) is 12.5 Å². The van der Waals surface area contributed by atoms with Gasteiger partial charge in [0.1, 0.15) is 0 Å². The predicted molar refractivity (Wildman–Crippen MR) is 89.3 cm³/mol. The molecular formula is C17H22N2O6. The largest absolute Gasteiger partial charge is 0.479 e. The van der Waals surface area contributed by atoms with Gasteiger partial charge in [-0.25, -0.2) is 14.6 Å². The molecule has 0 aliphatic carbocycles. The quantitative estimate of drug-likeness (QED) is 0.540. The third-order valence-corrected chi connectivity index (χ3v) is 3.45. The van der Waals surface area contributed by atoms with Crippen LogP contribution in [-0.4, -0.2) is 54.5 Å². The number of hydrogen-bond acceptors (Lipinski definition) is 5. The molecule has 0 aliphatic rings. The number of nitrogens with one attached hydrogen (secondary N) is 1. The third kappa shape index (κ3) is 5.40. The van der Waals surface area contributed by atoms with Gasteiger partial charge >= 0.3 is 11.9 Å². The van der Waals surface area contributed by atoms with Crippen molar-refractivity contribution < 1.29 is 35.5 Å². The first-order valence-corrected chi connectivity index (χ1v) is 7.12. The Balaban J connectivity index is 0.000000359. The number of carbonyl (C=O) groups is 2. The second-order valence-electron chi connectivity index (χ2n) is 5.15. The molecule has 5 N–H and O–H groups in total. The van der Waals surface area contributed by atoms with Crippen molar-refractivity contribution in [3.05, 3.63) is 53.1 Å². The number of aromatic amines is 1. The van der Waals surface area contributed by atoms with Crippen LogP contribution in [0.15, 0.2) is 30.7 Å². The van der Waals surface area contributed by atoms with Gasteiger partial charge in [-0.3, -0.25) is 0 Å². The van der Waals surface area contributed by atoms with Crippen LogP contribution in [0.1, 0.15) is 40.6 Å². The Hall–Kier alpha value is -2.71. The summed E-state index contributed by atoms with van der Waals surface area (Å²) in [6, 6.07) is 5.39. The van der Waals surface area contributed by atoms with Gasteiger partial charge in [0.25, 0.3) is 0 Å². The number of nitrogens with zero attached hydrogens (tertiary/aromatic N) is 1. The Bertz CT molecular complexity index is 838. The molecule has 0 bridgehead atoms. The molecule has 2 rings (SSSR count). The van der Waals surface area contributed by atoms with Crippen LogP contribution < -0.4 is 0 Å². The second kappa shape index (κ2) is 8.95. The molecule has 0 radical (unpaired) electrons. The summed E-state index contributed by atoms with van der Waals surface area (Å²) in [5.74, 6) is -5.37. The van der Waals surface area contributed by atoms with E-state index in [1.807, 2.05) is 19.9 Å². The minimum Gasteiger partial charge on any atom is -0.479 e. The lowest BCUT2D eigenvalue weighted by molar-refractivity contribution is -0.165. The van der Waals surface area contributed by atoms with Crippen molar-refractivity contribution in [2.45, 2.75) is 38.8 Å². The summed E-state index contributed by atoms with van der Waals surface area (Å²) >= 11 is 0. The second-order valence-corrected chi connectivity index (χ2v) is 5.15. The molecule has 0 unspecified atom stereocenters. The van der Waals surface area contributed by atoms with E-state index in [2.05, 4.69) is 9.97 Å². The van der Waals surface area contributed by atoms with Crippen molar-refractivity contribution >= 4 is 11.9 Å². The lowest BCUT2D eigenvalue weighted by Gasteiger charge is -2.14. The van der Waals surface area contributed by atoms with Crippen LogP contribution in [0.2, 0.25) is 0 Å². The number of aliphatic hydroxyl groups is 2. The van der Waals surface area contributed by atoms with E-state index in [-0.39, 0.29) is 5.69 Å². The summed E-state index contributed by atoms with van der Waals surface area (Å²) in [6.45, 7) is 1.26. The smallest absolute Gasteiger partial charge is 0.335 e. The van der Waals surface area contributed by atoms with Gasteiger partial charge in [-0.05, 0) is 30.5 Å². The normalized spacial score (nSPS) is 18.1. The molecule has 0 fully saturated rings. The molecule has 0 saturated carbocycles. The fourth-order valence-corrected chi connectivity index (χ4v) is 1.83. The lowest BCUT2D eigenvalue weighted by Crippen LogP contribution is -2.39. The Morgan fingerprint density at radius 1 is 1.20 bits per heavy atom. The summed E-state index contributed by atoms with van der Waals surface area (Å²) in [5, 5.41) is 32.5. The number of aromatic nitrogens is 2. The van der Waals surface area contributed by atoms with Crippen LogP contribution in [0.4, 0.5) is 0 Å². The number of benzene rings is 1. The van der Waals surface area contributed by atoms with Crippen LogP contribution >= 0.6 is 0 Å². The molecule has 1 heterocycles. The molecular weight excluding hydrogens is 328 g/mol. The number of H-pyrrole nitrogens is 1. The zero-order valence-corrected chi connectivity index (χ0v) is 13.6. The molecule has 0 spiro atoms. The molecule has 8 heteroatoms. The highest BCUT2D eigenvalue weighted by Crippen LogP contribution is 2.26. The van der Waals surface area contributed by atoms with E-state index in [4.69, 9.17) is 25.9 Å². The van der Waals surface area contributed by atoms with Crippen molar-refractivity contribution in [2.75, 3.05) is 0 Å². The van der Waals surface area contributed by atoms with Crippen LogP contribution in [0.25, 0.3) is 0 Å². The Morgan fingerprint density at radius 2 is 1.80 bits per heavy atom. The van der Waals surface area contributed by atoms with Gasteiger partial charge in [-0.15, -0.1) is 0 Å². The van der Waals surface area contributed by atoms with Crippen molar-refractivity contribution in [3.8, 4) is 0 Å². The number of carboxylic acids is 2. The lowest BCUT2D eigenvalue weighted by atomic mass is 9.92. The Kier molecular flexibility index (Phi) is 5.23. The Morgan fingerprint density at radius 3 is 2.24 bits per heavy atom. The molecule has 2 aromatic rings. The minimum atomic E-state index is -2.49. The SMILES string of the molecule is O=C(O)[C@H](O)[C@@H](O)C(=O)O.[2H]C([2H])([2H])[C@]([2H])(c1cnc[nH]1)c1cccc(C)c1C. The van der Waals surface area contributed by atoms with E-state index >= 15 is 0 Å². The van der Waals surface area contributed by atoms with Gasteiger partial charge in [-0.2, -0.15) is 0 Å². The summed E-state index contributed by atoms with van der Waals surface area (Å²) in [5.41, 5.74) is 2.55. The fraction of sp³-hybridized carbons (Fsp3) is 0.353. The number of imidazole rings is 1. The van der Waals surface area contributed by atoms with Gasteiger partial charge in [0, 0.05) is 23.3 Å². The average molecular weight is 354 g/mol. The first kappa shape index (κ1) is 14.6. The molecule has 0 aliphatic heterocycles. The maximum Gasteiger partial charge on any atom is 0.335 e. The summed E-state index contributed by atoms with van der Waals surface area (Å²) in [7, 11) is 0. The molecule has 8 nitrogen and oxygen atoms in total. The zero-order chi connectivity index (χ0) is 22.6. The molecule has 0 amide bonds. The van der Waals surface area contributed by atoms with Crippen molar-refractivity contribution in [3.63, 3.8) is 0 Å². The van der Waals surface area contributed by atoms with Crippen LogP contribution in [-0.2, 0) is 9.59 Å². The van der Waals surface area contributed by atoms with Gasteiger partial charge in [0.15, 0.2) is 12.2 Å². The van der Waals surface area contributed by atoms with Gasteiger partial charge in [0.05, 0.1) is 6.33 Å². The Labute approximate surface area is 150 Å². The predicted octanol–water partition coefficient (Wildman–Crippen LogP) is 1.06. The van der Waals surface area contributed by atoms with E-state index < -0.39 is 36.9 Å². The van der Waals surface area contributed by atoms with Crippen molar-refractivity contribution in [1.29, 1.82) is 0 Å². The highest BCUT2D eigenvalue weighted by Gasteiger charge is 2.29. The molecule has 25 heavy (non-hydrogen) atoms. The minimum absolute atomic E-state index is 0.279. The highest BCUT2D eigenvalue weighted by atomic mass is 16.4. The van der Waals surface area contributed by atoms with Crippen molar-refractivity contribution in [2.24, 2.45) is 0 Å². The maximum absolute atomic E-state index is 9.77. The van der Waals surface area contributed by atoms with Crippen LogP contribution in [0, 0.1) is 13.8 Å². The van der Waals surface area contributed by atoms with Gasteiger partial charge in [0.2, 0.25) is 0 Å². The monoisotopic (exact) mass is 354 g/mol. The number of carboxylic acid groups (broad SMARTS) is 2. The molecule has 136 valence electrons. The average Bonchev–Trinajstić information content (AvgIpc) is 3.16. The molecule has 1 aromatic carbocycles. The first-order valence-electron chi connectivity index (χ1n) is 9.12. The molecule has 3 atom stereocenters. The van der Waals surface area contributed by atoms with Gasteiger partial charge < -0.3 is 25.4 Å². The fourth-order valence-electron chi connectivity index (χ4n) is 1.83. The number of aliphatic hydroxyl groups excluding tert-OH is 2. The molecule has 1 aromatic heterocycles. The topological polar surface area (TPSA) is 144 Å². The van der Waals surface area contributed by atoms with E-state index in [1.54, 1.807) is 12.1 Å². The van der Waals surface area contributed by atoms with E-state index in [0.717, 1.165) is 11.1 Å². The first-order chi connectivity index (χ1) is 13.2. The number of rotatable bonds is 5. The molecule has 0 saturated heterocycles. The summed E-state index contributed by atoms with van der Waals surface area (Å²) in [6.07, 6.45) is -1.73. The van der Waals surface area contributed by atoms with Crippen LogP contribution in [0.3, 0.4) is 0 Å².